The number of aryl methyl sites for hydroxylation is 1. The molecule has 1 aromatic heterocycles. The Labute approximate surface area is 102 Å². The summed E-state index contributed by atoms with van der Waals surface area (Å²) in [4.78, 5) is 1.37. The van der Waals surface area contributed by atoms with Gasteiger partial charge in [0.05, 0.1) is 0 Å². The van der Waals surface area contributed by atoms with Crippen molar-refractivity contribution in [1.82, 2.24) is 0 Å². The summed E-state index contributed by atoms with van der Waals surface area (Å²) in [6.07, 6.45) is 0. The molecular weight excluding hydrogens is 228 g/mol. The normalized spacial score (nSPS) is 11.2. The van der Waals surface area contributed by atoms with Crippen molar-refractivity contribution in [3.63, 3.8) is 0 Å². The Morgan fingerprint density at radius 3 is 2.56 bits per heavy atom. The standard InChI is InChI=1S/C14H16SSi/c1-11-9-13-10-12(5-6-14(13)15-11)7-8-16(2,3)4/h5-6,9-10H,1-4H3. The highest BCUT2D eigenvalue weighted by atomic mass is 32.1. The van der Waals surface area contributed by atoms with Crippen LogP contribution in [-0.4, -0.2) is 8.07 Å². The van der Waals surface area contributed by atoms with Gasteiger partial charge < -0.3 is 0 Å². The zero-order valence-electron chi connectivity index (χ0n) is 10.2. The largest absolute Gasteiger partial charge is 0.141 e. The van der Waals surface area contributed by atoms with Crippen LogP contribution >= 0.6 is 11.3 Å². The second-order valence-electron chi connectivity index (χ2n) is 5.11. The second kappa shape index (κ2) is 4.08. The highest BCUT2D eigenvalue weighted by Gasteiger charge is 2.07. The maximum absolute atomic E-state index is 3.40. The zero-order chi connectivity index (χ0) is 11.8. The first-order valence-corrected chi connectivity index (χ1v) is 9.79. The van der Waals surface area contributed by atoms with Crippen molar-refractivity contribution in [2.75, 3.05) is 0 Å². The average Bonchev–Trinajstić information content (AvgIpc) is 2.52. The SMILES string of the molecule is Cc1cc2cc(C#C[Si](C)(C)C)ccc2s1. The molecule has 2 aromatic rings. The summed E-state index contributed by atoms with van der Waals surface area (Å²) in [5.74, 6) is 3.30. The summed E-state index contributed by atoms with van der Waals surface area (Å²) >= 11 is 1.84. The van der Waals surface area contributed by atoms with Gasteiger partial charge in [-0.1, -0.05) is 25.6 Å². The third-order valence-electron chi connectivity index (χ3n) is 2.22. The molecule has 0 spiro atoms. The molecule has 0 amide bonds. The molecular formula is C14H16SSi. The quantitative estimate of drug-likeness (QED) is 0.475. The Bertz CT molecular complexity index is 576. The molecule has 0 unspecified atom stereocenters. The number of hydrogen-bond donors (Lipinski definition) is 0. The minimum Gasteiger partial charge on any atom is -0.141 e. The molecule has 0 saturated carbocycles. The number of fused-ring (bicyclic) bond motifs is 1. The van der Waals surface area contributed by atoms with Gasteiger partial charge in [0, 0.05) is 15.1 Å². The number of benzene rings is 1. The van der Waals surface area contributed by atoms with Crippen molar-refractivity contribution < 1.29 is 0 Å². The van der Waals surface area contributed by atoms with E-state index in [1.165, 1.54) is 15.0 Å². The van der Waals surface area contributed by atoms with E-state index in [1.54, 1.807) is 0 Å². The molecule has 0 N–H and O–H groups in total. The second-order valence-corrected chi connectivity index (χ2v) is 11.1. The average molecular weight is 244 g/mol. The van der Waals surface area contributed by atoms with E-state index in [-0.39, 0.29) is 0 Å². The van der Waals surface area contributed by atoms with E-state index in [1.807, 2.05) is 11.3 Å². The number of thiophene rings is 1. The maximum Gasteiger partial charge on any atom is 0.129 e. The molecule has 2 rings (SSSR count). The highest BCUT2D eigenvalue weighted by molar-refractivity contribution is 7.19. The third kappa shape index (κ3) is 2.75. The molecule has 0 fully saturated rings. The summed E-state index contributed by atoms with van der Waals surface area (Å²) in [6.45, 7) is 8.96. The van der Waals surface area contributed by atoms with E-state index in [2.05, 4.69) is 62.3 Å². The molecule has 0 atom stereocenters. The van der Waals surface area contributed by atoms with Crippen LogP contribution in [-0.2, 0) is 0 Å². The number of hydrogen-bond acceptors (Lipinski definition) is 1. The summed E-state index contributed by atoms with van der Waals surface area (Å²) in [5.41, 5.74) is 4.55. The Hall–Kier alpha value is -1.04. The molecule has 1 aromatic carbocycles. The van der Waals surface area contributed by atoms with Gasteiger partial charge in [-0.05, 0) is 36.6 Å². The summed E-state index contributed by atoms with van der Waals surface area (Å²) in [5, 5.41) is 1.32. The number of rotatable bonds is 0. The van der Waals surface area contributed by atoms with E-state index < -0.39 is 8.07 Å². The van der Waals surface area contributed by atoms with Crippen molar-refractivity contribution >= 4 is 29.5 Å². The lowest BCUT2D eigenvalue weighted by Gasteiger charge is -2.03. The van der Waals surface area contributed by atoms with Crippen molar-refractivity contribution in [3.8, 4) is 11.5 Å². The Balaban J connectivity index is 2.42. The van der Waals surface area contributed by atoms with Crippen LogP contribution in [0.25, 0.3) is 10.1 Å². The molecule has 82 valence electrons. The minimum atomic E-state index is -1.26. The molecule has 0 nitrogen and oxygen atoms in total. The Kier molecular flexibility index (Phi) is 2.92. The van der Waals surface area contributed by atoms with Crippen molar-refractivity contribution in [2.45, 2.75) is 26.6 Å². The fraction of sp³-hybridized carbons (Fsp3) is 0.286. The van der Waals surface area contributed by atoms with Crippen LogP contribution in [0.5, 0.6) is 0 Å². The molecule has 2 heteroatoms. The van der Waals surface area contributed by atoms with Gasteiger partial charge in [0.1, 0.15) is 8.07 Å². The van der Waals surface area contributed by atoms with Crippen molar-refractivity contribution in [3.05, 3.63) is 34.7 Å². The monoisotopic (exact) mass is 244 g/mol. The van der Waals surface area contributed by atoms with Crippen LogP contribution in [0, 0.1) is 18.4 Å². The maximum atomic E-state index is 3.40. The molecule has 0 radical (unpaired) electrons. The summed E-state index contributed by atoms with van der Waals surface area (Å²) in [6, 6.07) is 8.75. The Morgan fingerprint density at radius 2 is 1.88 bits per heavy atom. The molecule has 1 heterocycles. The lowest BCUT2D eigenvalue weighted by atomic mass is 10.2. The summed E-state index contributed by atoms with van der Waals surface area (Å²) in [7, 11) is -1.26. The first kappa shape index (κ1) is 11.4. The smallest absolute Gasteiger partial charge is 0.129 e. The molecule has 0 aliphatic rings. The van der Waals surface area contributed by atoms with Crippen LogP contribution in [0.2, 0.25) is 19.6 Å². The van der Waals surface area contributed by atoms with E-state index in [0.29, 0.717) is 0 Å². The van der Waals surface area contributed by atoms with Gasteiger partial charge in [-0.3, -0.25) is 0 Å². The van der Waals surface area contributed by atoms with Crippen LogP contribution in [0.3, 0.4) is 0 Å². The van der Waals surface area contributed by atoms with Crippen LogP contribution in [0.1, 0.15) is 10.4 Å². The van der Waals surface area contributed by atoms with Crippen molar-refractivity contribution in [2.24, 2.45) is 0 Å². The predicted octanol–water partition coefficient (Wildman–Crippen LogP) is 4.44. The predicted molar refractivity (Wildman–Crippen MR) is 76.8 cm³/mol. The van der Waals surface area contributed by atoms with E-state index in [0.717, 1.165) is 5.56 Å². The van der Waals surface area contributed by atoms with Gasteiger partial charge in [-0.2, -0.15) is 0 Å². The lowest BCUT2D eigenvalue weighted by molar-refractivity contribution is 1.65. The first-order valence-electron chi connectivity index (χ1n) is 5.47. The molecule has 0 bridgehead atoms. The molecule has 16 heavy (non-hydrogen) atoms. The molecule has 0 aliphatic heterocycles. The van der Waals surface area contributed by atoms with Gasteiger partial charge in [-0.15, -0.1) is 16.9 Å². The lowest BCUT2D eigenvalue weighted by Crippen LogP contribution is -2.16. The van der Waals surface area contributed by atoms with E-state index in [9.17, 15) is 0 Å². The topological polar surface area (TPSA) is 0 Å². The van der Waals surface area contributed by atoms with Gasteiger partial charge in [0.2, 0.25) is 0 Å². The van der Waals surface area contributed by atoms with E-state index in [4.69, 9.17) is 0 Å². The van der Waals surface area contributed by atoms with Gasteiger partial charge >= 0.3 is 0 Å². The first-order chi connectivity index (χ1) is 7.44. The fourth-order valence-electron chi connectivity index (χ4n) is 1.51. The fourth-order valence-corrected chi connectivity index (χ4v) is 2.94. The Morgan fingerprint density at radius 1 is 1.12 bits per heavy atom. The van der Waals surface area contributed by atoms with Gasteiger partial charge in [0.15, 0.2) is 0 Å². The molecule has 0 saturated heterocycles. The van der Waals surface area contributed by atoms with Crippen molar-refractivity contribution in [1.29, 1.82) is 0 Å². The van der Waals surface area contributed by atoms with Gasteiger partial charge in [0.25, 0.3) is 0 Å². The minimum absolute atomic E-state index is 1.15. The van der Waals surface area contributed by atoms with Crippen LogP contribution < -0.4 is 0 Å². The zero-order valence-corrected chi connectivity index (χ0v) is 12.0. The highest BCUT2D eigenvalue weighted by Crippen LogP contribution is 2.25. The van der Waals surface area contributed by atoms with E-state index >= 15 is 0 Å². The summed E-state index contributed by atoms with van der Waals surface area (Å²) < 4.78 is 1.36. The van der Waals surface area contributed by atoms with Crippen LogP contribution in [0.15, 0.2) is 24.3 Å². The van der Waals surface area contributed by atoms with Gasteiger partial charge in [-0.25, -0.2) is 0 Å². The molecule has 0 aliphatic carbocycles. The van der Waals surface area contributed by atoms with Crippen LogP contribution in [0.4, 0.5) is 0 Å². The third-order valence-corrected chi connectivity index (χ3v) is 4.13.